The molecule has 1 rings (SSSR count). The van der Waals surface area contributed by atoms with Gasteiger partial charge in [-0.15, -0.1) is 0 Å². The number of hydrogen-bond acceptors (Lipinski definition) is 2. The molecule has 0 atom stereocenters. The molecule has 0 unspecified atom stereocenters. The van der Waals surface area contributed by atoms with Crippen molar-refractivity contribution in [1.29, 1.82) is 0 Å². The van der Waals surface area contributed by atoms with E-state index >= 15 is 0 Å². The van der Waals surface area contributed by atoms with Gasteiger partial charge in [0.15, 0.2) is 12.4 Å². The highest BCUT2D eigenvalue weighted by atomic mass is 16.5. The highest BCUT2D eigenvalue weighted by Crippen LogP contribution is 1.99. The Hall–Kier alpha value is -1.84. The van der Waals surface area contributed by atoms with Crippen molar-refractivity contribution >= 4 is 12.4 Å². The van der Waals surface area contributed by atoms with Crippen molar-refractivity contribution in [2.75, 3.05) is 14.1 Å². The zero-order valence-electron chi connectivity index (χ0n) is 8.18. The summed E-state index contributed by atoms with van der Waals surface area (Å²) in [6, 6.07) is 7.13. The van der Waals surface area contributed by atoms with Gasteiger partial charge in [0.25, 0.3) is 0 Å². The molecule has 1 aromatic carbocycles. The van der Waals surface area contributed by atoms with Gasteiger partial charge in [-0.05, 0) is 24.3 Å². The molecule has 0 heterocycles. The zero-order valence-corrected chi connectivity index (χ0v) is 8.18. The molecule has 0 spiro atoms. The summed E-state index contributed by atoms with van der Waals surface area (Å²) in [7, 11) is 2.84. The van der Waals surface area contributed by atoms with Crippen LogP contribution >= 0.6 is 0 Å². The Bertz CT molecular complexity index is 321. The van der Waals surface area contributed by atoms with Crippen molar-refractivity contribution in [3.05, 3.63) is 45.8 Å². The Morgan fingerprint density at radius 3 is 1.36 bits per heavy atom. The molecule has 0 radical (unpaired) electrons. The summed E-state index contributed by atoms with van der Waals surface area (Å²) in [6.07, 6.45) is 2.93. The molecule has 0 saturated heterocycles. The second-order valence-corrected chi connectivity index (χ2v) is 3.02. The minimum atomic E-state index is 0.735. The third-order valence-electron chi connectivity index (χ3n) is 1.60. The molecule has 0 saturated carbocycles. The molecule has 0 aliphatic heterocycles. The summed E-state index contributed by atoms with van der Waals surface area (Å²) in [5.41, 5.74) is 1.63. The first kappa shape index (κ1) is 10.2. The van der Waals surface area contributed by atoms with E-state index in [1.54, 1.807) is 24.3 Å². The molecule has 0 fully saturated rings. The summed E-state index contributed by atoms with van der Waals surface area (Å²) in [4.78, 5) is 0. The van der Waals surface area contributed by atoms with Gasteiger partial charge in [0.2, 0.25) is 0 Å². The lowest BCUT2D eigenvalue weighted by molar-refractivity contribution is -0.417. The van der Waals surface area contributed by atoms with Gasteiger partial charge < -0.3 is 10.4 Å². The van der Waals surface area contributed by atoms with Crippen molar-refractivity contribution in [2.45, 2.75) is 0 Å². The number of nitrogens with zero attached hydrogens (tertiary/aromatic N) is 2. The quantitative estimate of drug-likeness (QED) is 0.301. The fourth-order valence-electron chi connectivity index (χ4n) is 1.09. The molecular formula is C10H12N2O2. The Morgan fingerprint density at radius 2 is 1.14 bits per heavy atom. The number of hydroxylamine groups is 2. The molecule has 0 bridgehead atoms. The lowest BCUT2D eigenvalue weighted by Gasteiger charge is -1.97. The van der Waals surface area contributed by atoms with Gasteiger partial charge in [0.05, 0.1) is 0 Å². The van der Waals surface area contributed by atoms with Crippen LogP contribution < -0.4 is 0 Å². The Morgan fingerprint density at radius 1 is 0.857 bits per heavy atom. The molecule has 0 amide bonds. The van der Waals surface area contributed by atoms with E-state index in [-0.39, 0.29) is 0 Å². The molecule has 0 aliphatic carbocycles. The molecule has 14 heavy (non-hydrogen) atoms. The van der Waals surface area contributed by atoms with Crippen LogP contribution in [0.25, 0.3) is 0 Å². The Balaban J connectivity index is 2.89. The molecule has 4 heteroatoms. The summed E-state index contributed by atoms with van der Waals surface area (Å²) < 4.78 is 1.47. The van der Waals surface area contributed by atoms with Crippen molar-refractivity contribution in [1.82, 2.24) is 0 Å². The third kappa shape index (κ3) is 3.26. The van der Waals surface area contributed by atoms with Crippen molar-refractivity contribution in [3.63, 3.8) is 0 Å². The van der Waals surface area contributed by atoms with Crippen molar-refractivity contribution in [2.24, 2.45) is 0 Å². The normalized spacial score (nSPS) is 13.0. The summed E-state index contributed by atoms with van der Waals surface area (Å²) in [6.45, 7) is 0. The fraction of sp³-hybridized carbons (Fsp3) is 0.200. The first-order valence-electron chi connectivity index (χ1n) is 4.17. The smallest absolute Gasteiger partial charge is 0.181 e. The highest BCUT2D eigenvalue weighted by molar-refractivity contribution is 5.80. The van der Waals surface area contributed by atoms with Crippen LogP contribution in [0, 0.1) is 10.4 Å². The van der Waals surface area contributed by atoms with E-state index in [0.717, 1.165) is 20.6 Å². The van der Waals surface area contributed by atoms with Gasteiger partial charge in [-0.3, -0.25) is 0 Å². The molecular weight excluding hydrogens is 180 g/mol. The summed E-state index contributed by atoms with van der Waals surface area (Å²) in [5, 5.41) is 21.3. The van der Waals surface area contributed by atoms with Gasteiger partial charge in [0.1, 0.15) is 14.1 Å². The van der Waals surface area contributed by atoms with Crippen LogP contribution in [-0.4, -0.2) is 36.0 Å². The third-order valence-corrected chi connectivity index (χ3v) is 1.60. The van der Waals surface area contributed by atoms with Crippen LogP contribution in [-0.2, 0) is 0 Å². The van der Waals surface area contributed by atoms with Crippen molar-refractivity contribution < 1.29 is 9.48 Å². The SMILES string of the molecule is C/[N+]([O-])=C\c1ccc(/C=[N+](\C)[O-])cc1. The van der Waals surface area contributed by atoms with Gasteiger partial charge in [-0.25, -0.2) is 9.48 Å². The first-order chi connectivity index (χ1) is 6.58. The fourth-order valence-corrected chi connectivity index (χ4v) is 1.09. The Labute approximate surface area is 82.6 Å². The maximum Gasteiger partial charge on any atom is 0.181 e. The monoisotopic (exact) mass is 192 g/mol. The molecule has 74 valence electrons. The second-order valence-electron chi connectivity index (χ2n) is 3.02. The second kappa shape index (κ2) is 4.41. The zero-order chi connectivity index (χ0) is 10.6. The first-order valence-corrected chi connectivity index (χ1v) is 4.17. The lowest BCUT2D eigenvalue weighted by atomic mass is 10.2. The predicted octanol–water partition coefficient (Wildman–Crippen LogP) is 0.805. The molecule has 0 aliphatic rings. The largest absolute Gasteiger partial charge is 0.624 e. The summed E-state index contributed by atoms with van der Waals surface area (Å²) >= 11 is 0. The van der Waals surface area contributed by atoms with Gasteiger partial charge in [-0.1, -0.05) is 0 Å². The van der Waals surface area contributed by atoms with Crippen LogP contribution in [0.2, 0.25) is 0 Å². The van der Waals surface area contributed by atoms with Crippen LogP contribution in [0.3, 0.4) is 0 Å². The van der Waals surface area contributed by atoms with E-state index in [2.05, 4.69) is 0 Å². The molecule has 0 N–H and O–H groups in total. The highest BCUT2D eigenvalue weighted by Gasteiger charge is 1.94. The van der Waals surface area contributed by atoms with E-state index in [4.69, 9.17) is 0 Å². The van der Waals surface area contributed by atoms with E-state index < -0.39 is 0 Å². The molecule has 4 nitrogen and oxygen atoms in total. The average Bonchev–Trinajstić information content (AvgIpc) is 2.06. The maximum atomic E-state index is 10.7. The average molecular weight is 192 g/mol. The minimum absolute atomic E-state index is 0.735. The maximum absolute atomic E-state index is 10.7. The lowest BCUT2D eigenvalue weighted by Crippen LogP contribution is -1.99. The molecule has 1 aromatic rings. The van der Waals surface area contributed by atoms with Crippen LogP contribution in [0.15, 0.2) is 24.3 Å². The van der Waals surface area contributed by atoms with Crippen LogP contribution in [0.5, 0.6) is 0 Å². The van der Waals surface area contributed by atoms with E-state index in [0.29, 0.717) is 0 Å². The van der Waals surface area contributed by atoms with Crippen LogP contribution in [0.1, 0.15) is 11.1 Å². The van der Waals surface area contributed by atoms with Crippen molar-refractivity contribution in [3.8, 4) is 0 Å². The van der Waals surface area contributed by atoms with Crippen LogP contribution in [0.4, 0.5) is 0 Å². The van der Waals surface area contributed by atoms with Gasteiger partial charge >= 0.3 is 0 Å². The standard InChI is InChI=1S/C10H12N2O2/c1-11(13)7-9-3-5-10(6-4-9)8-12(2)14/h3-8H,1-2H3/b11-7+,12-8+. The predicted molar refractivity (Wildman–Crippen MR) is 55.9 cm³/mol. The van der Waals surface area contributed by atoms with E-state index in [1.807, 2.05) is 0 Å². The van der Waals surface area contributed by atoms with Gasteiger partial charge in [0, 0.05) is 11.1 Å². The summed E-state index contributed by atoms with van der Waals surface area (Å²) in [5.74, 6) is 0. The minimum Gasteiger partial charge on any atom is -0.624 e. The van der Waals surface area contributed by atoms with E-state index in [1.165, 1.54) is 26.5 Å². The number of benzene rings is 1. The topological polar surface area (TPSA) is 52.1 Å². The number of hydrogen-bond donors (Lipinski definition) is 0. The molecule has 0 aromatic heterocycles. The van der Waals surface area contributed by atoms with Gasteiger partial charge in [-0.2, -0.15) is 0 Å². The number of rotatable bonds is 2. The Kier molecular flexibility index (Phi) is 3.23. The van der Waals surface area contributed by atoms with E-state index in [9.17, 15) is 10.4 Å².